The molecule has 0 aromatic heterocycles. The Morgan fingerprint density at radius 1 is 1.23 bits per heavy atom. The van der Waals surface area contributed by atoms with Crippen LogP contribution < -0.4 is 4.74 Å². The van der Waals surface area contributed by atoms with Gasteiger partial charge in [-0.15, -0.1) is 0 Å². The number of halogens is 1. The van der Waals surface area contributed by atoms with E-state index in [2.05, 4.69) is 4.90 Å². The number of benzene rings is 2. The van der Waals surface area contributed by atoms with E-state index in [1.807, 2.05) is 49.5 Å². The molecule has 0 bridgehead atoms. The van der Waals surface area contributed by atoms with Crippen LogP contribution in [0, 0.1) is 0 Å². The lowest BCUT2D eigenvalue weighted by Crippen LogP contribution is -2.49. The van der Waals surface area contributed by atoms with Crippen molar-refractivity contribution in [3.05, 3.63) is 58.6 Å². The second-order valence-electron chi connectivity index (χ2n) is 6.28. The van der Waals surface area contributed by atoms with Gasteiger partial charge in [0.25, 0.3) is 0 Å². The highest BCUT2D eigenvalue weighted by Crippen LogP contribution is 2.52. The normalized spacial score (nSPS) is 27.1. The summed E-state index contributed by atoms with van der Waals surface area (Å²) in [6.45, 7) is 1.53. The van der Waals surface area contributed by atoms with E-state index in [-0.39, 0.29) is 5.92 Å². The largest absolute Gasteiger partial charge is 0.457 e. The number of hydrogen-bond donors (Lipinski definition) is 1. The van der Waals surface area contributed by atoms with Crippen molar-refractivity contribution in [3.8, 4) is 11.5 Å². The molecule has 0 amide bonds. The fourth-order valence-corrected chi connectivity index (χ4v) is 3.97. The maximum Gasteiger partial charge on any atom is 0.133 e. The Bertz CT molecular complexity index is 733. The predicted octanol–water partition coefficient (Wildman–Crippen LogP) is 3.75. The Morgan fingerprint density at radius 2 is 2.05 bits per heavy atom. The molecule has 0 unspecified atom stereocenters. The molecule has 2 atom stereocenters. The Balaban J connectivity index is 1.98. The molecule has 0 spiro atoms. The van der Waals surface area contributed by atoms with Gasteiger partial charge in [0.1, 0.15) is 17.1 Å². The molecular weight excluding hydrogens is 298 g/mol. The van der Waals surface area contributed by atoms with Gasteiger partial charge in [0, 0.05) is 28.6 Å². The van der Waals surface area contributed by atoms with E-state index in [0.717, 1.165) is 35.6 Å². The number of piperidine rings is 1. The summed E-state index contributed by atoms with van der Waals surface area (Å²) in [5.41, 5.74) is 0.901. The van der Waals surface area contributed by atoms with Crippen LogP contribution in [0.5, 0.6) is 11.5 Å². The predicted molar refractivity (Wildman–Crippen MR) is 86.7 cm³/mol. The summed E-state index contributed by atoms with van der Waals surface area (Å²) in [6, 6.07) is 13.4. The van der Waals surface area contributed by atoms with Crippen LogP contribution in [0.4, 0.5) is 0 Å². The highest BCUT2D eigenvalue weighted by atomic mass is 35.5. The summed E-state index contributed by atoms with van der Waals surface area (Å²) < 4.78 is 6.11. The number of likely N-dealkylation sites (N-methyl/N-ethyl adjacent to an activating group) is 1. The Labute approximate surface area is 135 Å². The quantitative estimate of drug-likeness (QED) is 0.803. The van der Waals surface area contributed by atoms with Gasteiger partial charge in [-0.2, -0.15) is 0 Å². The van der Waals surface area contributed by atoms with Crippen molar-refractivity contribution in [2.24, 2.45) is 0 Å². The molecular formula is C18H18ClNO2. The lowest BCUT2D eigenvalue weighted by atomic mass is 9.73. The Morgan fingerprint density at radius 3 is 2.91 bits per heavy atom. The fourth-order valence-electron chi connectivity index (χ4n) is 3.79. The molecule has 2 aliphatic heterocycles. The molecule has 22 heavy (non-hydrogen) atoms. The van der Waals surface area contributed by atoms with Crippen LogP contribution in [-0.4, -0.2) is 30.1 Å². The van der Waals surface area contributed by atoms with Crippen molar-refractivity contribution in [1.82, 2.24) is 4.90 Å². The van der Waals surface area contributed by atoms with Crippen molar-refractivity contribution in [2.45, 2.75) is 17.9 Å². The monoisotopic (exact) mass is 315 g/mol. The first-order chi connectivity index (χ1) is 10.6. The van der Waals surface area contributed by atoms with Crippen molar-refractivity contribution in [2.75, 3.05) is 20.1 Å². The zero-order valence-corrected chi connectivity index (χ0v) is 13.2. The standard InChI is InChI=1S/C18H18ClNO2/c1-20-9-8-14-13-10-12(19)6-7-16(13)22-17-5-3-2-4-15(17)18(14,21)11-20/h2-7,10,14,21H,8-9,11H2,1H3/t14-,18+/m0/s1. The van der Waals surface area contributed by atoms with E-state index in [1.165, 1.54) is 0 Å². The molecule has 2 aliphatic rings. The van der Waals surface area contributed by atoms with E-state index < -0.39 is 5.60 Å². The number of fused-ring (bicyclic) bond motifs is 5. The fraction of sp³-hybridized carbons (Fsp3) is 0.333. The van der Waals surface area contributed by atoms with Gasteiger partial charge >= 0.3 is 0 Å². The minimum atomic E-state index is -0.959. The minimum absolute atomic E-state index is 0.0129. The van der Waals surface area contributed by atoms with Crippen LogP contribution in [0.1, 0.15) is 23.5 Å². The summed E-state index contributed by atoms with van der Waals surface area (Å²) in [7, 11) is 2.04. The van der Waals surface area contributed by atoms with Crippen molar-refractivity contribution in [3.63, 3.8) is 0 Å². The minimum Gasteiger partial charge on any atom is -0.457 e. The van der Waals surface area contributed by atoms with Crippen molar-refractivity contribution >= 4 is 11.6 Å². The summed E-state index contributed by atoms with van der Waals surface area (Å²) >= 11 is 6.20. The van der Waals surface area contributed by atoms with Gasteiger partial charge in [0.2, 0.25) is 0 Å². The summed E-state index contributed by atoms with van der Waals surface area (Å²) in [4.78, 5) is 2.17. The van der Waals surface area contributed by atoms with Gasteiger partial charge < -0.3 is 14.7 Å². The van der Waals surface area contributed by atoms with E-state index >= 15 is 0 Å². The zero-order chi connectivity index (χ0) is 15.3. The maximum absolute atomic E-state index is 11.6. The van der Waals surface area contributed by atoms with Crippen LogP contribution in [-0.2, 0) is 5.60 Å². The van der Waals surface area contributed by atoms with Gasteiger partial charge in [0.15, 0.2) is 0 Å². The molecule has 4 rings (SSSR count). The first-order valence-electron chi connectivity index (χ1n) is 7.56. The van der Waals surface area contributed by atoms with Crippen LogP contribution in [0.3, 0.4) is 0 Å². The number of aliphatic hydroxyl groups is 1. The third-order valence-electron chi connectivity index (χ3n) is 4.81. The summed E-state index contributed by atoms with van der Waals surface area (Å²) in [5.74, 6) is 1.51. The molecule has 4 heteroatoms. The molecule has 1 fully saturated rings. The molecule has 2 heterocycles. The average molecular weight is 316 g/mol. The maximum atomic E-state index is 11.6. The van der Waals surface area contributed by atoms with Crippen molar-refractivity contribution in [1.29, 1.82) is 0 Å². The molecule has 3 nitrogen and oxygen atoms in total. The molecule has 0 aliphatic carbocycles. The number of rotatable bonds is 0. The summed E-state index contributed by atoms with van der Waals surface area (Å²) in [6.07, 6.45) is 0.873. The number of β-amino-alcohol motifs (C(OH)–C–C–N with tert-alkyl or cyclic N) is 1. The lowest BCUT2D eigenvalue weighted by molar-refractivity contribution is -0.0470. The third-order valence-corrected chi connectivity index (χ3v) is 5.04. The number of nitrogens with zero attached hydrogens (tertiary/aromatic N) is 1. The third kappa shape index (κ3) is 2.04. The molecule has 1 N–H and O–H groups in total. The molecule has 0 saturated carbocycles. The van der Waals surface area contributed by atoms with E-state index in [0.29, 0.717) is 11.6 Å². The number of ether oxygens (including phenoxy) is 1. The smallest absolute Gasteiger partial charge is 0.133 e. The van der Waals surface area contributed by atoms with Gasteiger partial charge in [-0.05, 0) is 44.3 Å². The van der Waals surface area contributed by atoms with Crippen LogP contribution >= 0.6 is 11.6 Å². The van der Waals surface area contributed by atoms with Crippen molar-refractivity contribution < 1.29 is 9.84 Å². The van der Waals surface area contributed by atoms with Gasteiger partial charge in [-0.3, -0.25) is 0 Å². The summed E-state index contributed by atoms with van der Waals surface area (Å²) in [5, 5.41) is 12.2. The average Bonchev–Trinajstić information content (AvgIpc) is 2.59. The SMILES string of the molecule is CN1CC[C@H]2c3cc(Cl)ccc3Oc3ccccc3[C@@]2(O)C1. The lowest BCUT2D eigenvalue weighted by Gasteiger charge is -2.43. The van der Waals surface area contributed by atoms with Gasteiger partial charge in [-0.1, -0.05) is 29.8 Å². The second-order valence-corrected chi connectivity index (χ2v) is 6.72. The highest BCUT2D eigenvalue weighted by Gasteiger charge is 2.47. The van der Waals surface area contributed by atoms with E-state index in [9.17, 15) is 5.11 Å². The number of hydrogen-bond acceptors (Lipinski definition) is 3. The molecule has 2 aromatic carbocycles. The van der Waals surface area contributed by atoms with Crippen LogP contribution in [0.2, 0.25) is 5.02 Å². The highest BCUT2D eigenvalue weighted by molar-refractivity contribution is 6.30. The molecule has 0 radical (unpaired) electrons. The molecule has 1 saturated heterocycles. The Hall–Kier alpha value is -1.55. The van der Waals surface area contributed by atoms with Gasteiger partial charge in [0.05, 0.1) is 0 Å². The zero-order valence-electron chi connectivity index (χ0n) is 12.4. The Kier molecular flexibility index (Phi) is 3.19. The van der Waals surface area contributed by atoms with E-state index in [4.69, 9.17) is 16.3 Å². The van der Waals surface area contributed by atoms with E-state index in [1.54, 1.807) is 0 Å². The topological polar surface area (TPSA) is 32.7 Å². The number of para-hydroxylation sites is 1. The molecule has 114 valence electrons. The number of likely N-dealkylation sites (tertiary alicyclic amines) is 1. The second kappa shape index (κ2) is 4.98. The van der Waals surface area contributed by atoms with Crippen LogP contribution in [0.15, 0.2) is 42.5 Å². The first kappa shape index (κ1) is 14.1. The molecule has 2 aromatic rings. The van der Waals surface area contributed by atoms with Crippen LogP contribution in [0.25, 0.3) is 0 Å². The first-order valence-corrected chi connectivity index (χ1v) is 7.93. The van der Waals surface area contributed by atoms with Gasteiger partial charge in [-0.25, -0.2) is 0 Å².